The van der Waals surface area contributed by atoms with Gasteiger partial charge in [0.15, 0.2) is 0 Å². The van der Waals surface area contributed by atoms with E-state index in [9.17, 15) is 19.8 Å². The fraction of sp³-hybridized carbons (Fsp3) is 0.875. The number of carboxylic acid groups (broad SMARTS) is 1. The molecule has 0 radical (unpaired) electrons. The highest BCUT2D eigenvalue weighted by molar-refractivity contribution is 5.76. The van der Waals surface area contributed by atoms with Gasteiger partial charge in [-0.3, -0.25) is 9.59 Å². The van der Waals surface area contributed by atoms with Gasteiger partial charge in [-0.2, -0.15) is 0 Å². The monoisotopic (exact) mass is 514 g/mol. The van der Waals surface area contributed by atoms with Gasteiger partial charge < -0.3 is 14.9 Å². The van der Waals surface area contributed by atoms with Gasteiger partial charge in [0.2, 0.25) is 0 Å². The molecule has 0 aromatic heterocycles. The van der Waals surface area contributed by atoms with Crippen LogP contribution in [0.25, 0.3) is 0 Å². The van der Waals surface area contributed by atoms with E-state index in [0.29, 0.717) is 30.1 Å². The molecule has 5 fully saturated rings. The molecule has 0 saturated heterocycles. The maximum atomic E-state index is 12.8. The molecule has 5 aliphatic rings. The van der Waals surface area contributed by atoms with E-state index in [-0.39, 0.29) is 33.5 Å². The molecule has 0 bridgehead atoms. The maximum Gasteiger partial charge on any atom is 0.309 e. The average molecular weight is 515 g/mol. The van der Waals surface area contributed by atoms with Gasteiger partial charge in [-0.05, 0) is 116 Å². The molecule has 5 heteroatoms. The molecule has 208 valence electrons. The Morgan fingerprint density at radius 3 is 2.14 bits per heavy atom. The summed E-state index contributed by atoms with van der Waals surface area (Å²) in [5, 5.41) is 21.9. The summed E-state index contributed by atoms with van der Waals surface area (Å²) in [6.45, 7) is 19.7. The number of hydrogen-bond acceptors (Lipinski definition) is 4. The van der Waals surface area contributed by atoms with Crippen LogP contribution in [0.2, 0.25) is 0 Å². The van der Waals surface area contributed by atoms with Crippen LogP contribution in [0.15, 0.2) is 12.2 Å². The van der Waals surface area contributed by atoms with Crippen molar-refractivity contribution >= 4 is 11.9 Å². The minimum Gasteiger partial charge on any atom is -0.481 e. The number of carbonyl (C=O) groups excluding carboxylic acids is 1. The number of rotatable bonds is 3. The third-order valence-corrected chi connectivity index (χ3v) is 13.7. The lowest BCUT2D eigenvalue weighted by Crippen LogP contribution is -2.68. The Bertz CT molecular complexity index is 1000. The van der Waals surface area contributed by atoms with Gasteiger partial charge in [-0.1, -0.05) is 46.8 Å². The third kappa shape index (κ3) is 3.37. The number of aliphatic hydroxyl groups excluding tert-OH is 1. The summed E-state index contributed by atoms with van der Waals surface area (Å²) >= 11 is 0. The second-order valence-corrected chi connectivity index (χ2v) is 15.3. The van der Waals surface area contributed by atoms with E-state index in [1.54, 1.807) is 0 Å². The summed E-state index contributed by atoms with van der Waals surface area (Å²) in [7, 11) is 0. The van der Waals surface area contributed by atoms with E-state index in [2.05, 4.69) is 48.1 Å². The lowest BCUT2D eigenvalue weighted by molar-refractivity contribution is -0.265. The van der Waals surface area contributed by atoms with E-state index >= 15 is 0 Å². The third-order valence-electron chi connectivity index (χ3n) is 13.7. The van der Waals surface area contributed by atoms with Crippen molar-refractivity contribution in [2.24, 2.45) is 56.7 Å². The van der Waals surface area contributed by atoms with E-state index in [1.165, 1.54) is 6.92 Å². The number of aliphatic hydroxyl groups is 1. The zero-order chi connectivity index (χ0) is 27.3. The lowest BCUT2D eigenvalue weighted by atomic mass is 9.32. The van der Waals surface area contributed by atoms with Crippen molar-refractivity contribution in [1.82, 2.24) is 0 Å². The first-order chi connectivity index (χ1) is 17.1. The Labute approximate surface area is 223 Å². The SMILES string of the molecule is C=C(C)C1CCC2(C(=O)O)CCC3(C)C(CCC4C5(C)CC(OC(C)=O)C(O)C(C)(C)C5CCC43C)C12. The summed E-state index contributed by atoms with van der Waals surface area (Å²) in [5.74, 6) is 0.754. The molecule has 11 atom stereocenters. The Morgan fingerprint density at radius 1 is 0.865 bits per heavy atom. The van der Waals surface area contributed by atoms with Gasteiger partial charge in [-0.25, -0.2) is 0 Å². The van der Waals surface area contributed by atoms with Crippen molar-refractivity contribution in [3.05, 3.63) is 12.2 Å². The van der Waals surface area contributed by atoms with E-state index in [4.69, 9.17) is 4.74 Å². The van der Waals surface area contributed by atoms with Crippen LogP contribution in [-0.2, 0) is 14.3 Å². The molecule has 0 spiro atoms. The van der Waals surface area contributed by atoms with Gasteiger partial charge in [0.1, 0.15) is 6.10 Å². The van der Waals surface area contributed by atoms with Crippen LogP contribution in [0, 0.1) is 56.7 Å². The van der Waals surface area contributed by atoms with Gasteiger partial charge in [0.25, 0.3) is 0 Å². The average Bonchev–Trinajstić information content (AvgIpc) is 3.19. The number of esters is 1. The summed E-state index contributed by atoms with van der Waals surface area (Å²) in [6.07, 6.45) is 7.36. The molecular weight excluding hydrogens is 464 g/mol. The molecule has 0 amide bonds. The summed E-state index contributed by atoms with van der Waals surface area (Å²) in [4.78, 5) is 24.8. The van der Waals surface area contributed by atoms with Crippen LogP contribution in [0.3, 0.4) is 0 Å². The van der Waals surface area contributed by atoms with Gasteiger partial charge in [-0.15, -0.1) is 0 Å². The number of fused-ring (bicyclic) bond motifs is 7. The molecule has 2 N–H and O–H groups in total. The molecule has 5 saturated carbocycles. The molecule has 5 aliphatic carbocycles. The molecule has 11 unspecified atom stereocenters. The molecule has 5 nitrogen and oxygen atoms in total. The van der Waals surface area contributed by atoms with Crippen LogP contribution in [-0.4, -0.2) is 34.4 Å². The number of allylic oxidation sites excluding steroid dienone is 1. The largest absolute Gasteiger partial charge is 0.481 e. The molecule has 5 rings (SSSR count). The minimum atomic E-state index is -0.661. The Balaban J connectivity index is 1.56. The normalized spacial score (nSPS) is 52.2. The van der Waals surface area contributed by atoms with Gasteiger partial charge >= 0.3 is 11.9 Å². The molecule has 0 aliphatic heterocycles. The second kappa shape index (κ2) is 8.32. The van der Waals surface area contributed by atoms with Crippen molar-refractivity contribution < 1.29 is 24.5 Å². The highest BCUT2D eigenvalue weighted by atomic mass is 16.6. The number of aliphatic carboxylic acids is 1. The highest BCUT2D eigenvalue weighted by Crippen LogP contribution is 2.77. The highest BCUT2D eigenvalue weighted by Gasteiger charge is 2.72. The summed E-state index contributed by atoms with van der Waals surface area (Å²) in [6, 6.07) is 0. The van der Waals surface area contributed by atoms with Gasteiger partial charge in [0, 0.05) is 6.92 Å². The number of hydrogen-bond donors (Lipinski definition) is 2. The standard InChI is InChI=1S/C32H50O5/c1-18(2)20-11-14-32(27(35)36)16-15-30(7)21(25(20)32)9-10-24-29(6)17-22(37-19(3)33)26(34)28(4,5)23(29)12-13-31(24,30)8/h20-26,34H,1,9-17H2,2-8H3,(H,35,36). The van der Waals surface area contributed by atoms with Crippen molar-refractivity contribution in [3.63, 3.8) is 0 Å². The topological polar surface area (TPSA) is 83.8 Å². The van der Waals surface area contributed by atoms with Crippen LogP contribution in [0.1, 0.15) is 106 Å². The Kier molecular flexibility index (Phi) is 6.12. The number of carboxylic acids is 1. The lowest BCUT2D eigenvalue weighted by Gasteiger charge is -2.73. The van der Waals surface area contributed by atoms with Crippen molar-refractivity contribution in [3.8, 4) is 0 Å². The van der Waals surface area contributed by atoms with Crippen LogP contribution in [0.4, 0.5) is 0 Å². The summed E-state index contributed by atoms with van der Waals surface area (Å²) in [5.41, 5.74) is 0.306. The van der Waals surface area contributed by atoms with Crippen molar-refractivity contribution in [2.75, 3.05) is 0 Å². The minimum absolute atomic E-state index is 0.0470. The first-order valence-corrected chi connectivity index (χ1v) is 14.8. The van der Waals surface area contributed by atoms with Crippen LogP contribution < -0.4 is 0 Å². The summed E-state index contributed by atoms with van der Waals surface area (Å²) < 4.78 is 5.77. The predicted octanol–water partition coefficient (Wildman–Crippen LogP) is 6.63. The number of carbonyl (C=O) groups is 2. The molecular formula is C32H50O5. The van der Waals surface area contributed by atoms with E-state index < -0.39 is 23.6 Å². The first kappa shape index (κ1) is 27.2. The molecule has 0 aromatic rings. The molecule has 37 heavy (non-hydrogen) atoms. The second-order valence-electron chi connectivity index (χ2n) is 15.3. The number of ether oxygens (including phenoxy) is 1. The van der Waals surface area contributed by atoms with E-state index in [1.807, 2.05) is 0 Å². The maximum absolute atomic E-state index is 12.8. The zero-order valence-corrected chi connectivity index (χ0v) is 24.2. The smallest absolute Gasteiger partial charge is 0.309 e. The molecule has 0 aromatic carbocycles. The predicted molar refractivity (Wildman–Crippen MR) is 144 cm³/mol. The Hall–Kier alpha value is -1.36. The Morgan fingerprint density at radius 2 is 1.54 bits per heavy atom. The molecule has 0 heterocycles. The van der Waals surface area contributed by atoms with E-state index in [0.717, 1.165) is 56.9 Å². The van der Waals surface area contributed by atoms with Gasteiger partial charge in [0.05, 0.1) is 11.5 Å². The fourth-order valence-corrected chi connectivity index (χ4v) is 11.9. The van der Waals surface area contributed by atoms with Crippen molar-refractivity contribution in [2.45, 2.75) is 118 Å². The fourth-order valence-electron chi connectivity index (χ4n) is 11.9. The quantitative estimate of drug-likeness (QED) is 0.326. The first-order valence-electron chi connectivity index (χ1n) is 14.8. The van der Waals surface area contributed by atoms with Crippen molar-refractivity contribution in [1.29, 1.82) is 0 Å². The zero-order valence-electron chi connectivity index (χ0n) is 24.2. The van der Waals surface area contributed by atoms with Crippen LogP contribution >= 0.6 is 0 Å². The van der Waals surface area contributed by atoms with Crippen LogP contribution in [0.5, 0.6) is 0 Å².